The molecule has 2 rings (SSSR count). The van der Waals surface area contributed by atoms with Crippen LogP contribution in [-0.2, 0) is 13.6 Å². The first-order valence-corrected chi connectivity index (χ1v) is 6.79. The molecule has 2 aromatic heterocycles. The highest BCUT2D eigenvalue weighted by Crippen LogP contribution is 2.12. The zero-order valence-corrected chi connectivity index (χ0v) is 11.1. The smallest absolute Gasteiger partial charge is 0.209 e. The molecule has 96 valence electrons. The van der Waals surface area contributed by atoms with E-state index < -0.39 is 0 Å². The number of nitrogens with zero attached hydrogens (tertiary/aromatic N) is 5. The normalized spacial score (nSPS) is 10.7. The van der Waals surface area contributed by atoms with E-state index in [4.69, 9.17) is 0 Å². The van der Waals surface area contributed by atoms with Crippen LogP contribution < -0.4 is 5.32 Å². The van der Waals surface area contributed by atoms with Crippen LogP contribution in [0.4, 0.5) is 0 Å². The molecular weight excluding hydrogens is 248 g/mol. The number of nitrogens with one attached hydrogen (secondary N) is 1. The molecule has 0 atom stereocenters. The first-order valence-electron chi connectivity index (χ1n) is 5.81. The molecule has 2 heterocycles. The topological polar surface area (TPSA) is 68.5 Å². The van der Waals surface area contributed by atoms with E-state index in [9.17, 15) is 0 Å². The molecule has 0 saturated carbocycles. The van der Waals surface area contributed by atoms with Crippen LogP contribution in [0, 0.1) is 0 Å². The summed E-state index contributed by atoms with van der Waals surface area (Å²) in [5.74, 6) is 1.01. The van der Waals surface area contributed by atoms with Crippen molar-refractivity contribution >= 4 is 11.8 Å². The van der Waals surface area contributed by atoms with Crippen molar-refractivity contribution in [2.75, 3.05) is 12.3 Å². The average molecular weight is 264 g/mol. The molecule has 0 aliphatic rings. The highest BCUT2D eigenvalue weighted by atomic mass is 32.2. The third kappa shape index (κ3) is 4.08. The molecule has 18 heavy (non-hydrogen) atoms. The summed E-state index contributed by atoms with van der Waals surface area (Å²) in [4.78, 5) is 3.99. The second kappa shape index (κ2) is 7.07. The van der Waals surface area contributed by atoms with E-state index in [-0.39, 0.29) is 0 Å². The van der Waals surface area contributed by atoms with E-state index in [1.54, 1.807) is 16.4 Å². The van der Waals surface area contributed by atoms with Crippen LogP contribution in [0.5, 0.6) is 0 Å². The lowest BCUT2D eigenvalue weighted by molar-refractivity contribution is 0.661. The summed E-state index contributed by atoms with van der Waals surface area (Å²) in [7, 11) is 1.85. The van der Waals surface area contributed by atoms with Gasteiger partial charge in [0.2, 0.25) is 5.16 Å². The number of tetrazole rings is 1. The number of aromatic nitrogens is 5. The monoisotopic (exact) mass is 264 g/mol. The van der Waals surface area contributed by atoms with Crippen molar-refractivity contribution in [1.82, 2.24) is 30.5 Å². The third-order valence-electron chi connectivity index (χ3n) is 2.39. The second-order valence-corrected chi connectivity index (χ2v) is 4.88. The van der Waals surface area contributed by atoms with Gasteiger partial charge < -0.3 is 5.32 Å². The molecule has 0 unspecified atom stereocenters. The minimum Gasteiger partial charge on any atom is -0.313 e. The van der Waals surface area contributed by atoms with E-state index in [2.05, 4.69) is 25.8 Å². The fraction of sp³-hybridized carbons (Fsp3) is 0.455. The standard InChI is InChI=1S/C11H16N6S/c1-17-11(14-15-16-17)18-8-2-5-13-9-10-3-6-12-7-4-10/h3-4,6-7,13H,2,5,8-9H2,1H3. The summed E-state index contributed by atoms with van der Waals surface area (Å²) >= 11 is 1.68. The lowest BCUT2D eigenvalue weighted by atomic mass is 10.3. The Morgan fingerprint density at radius 2 is 2.17 bits per heavy atom. The molecule has 7 heteroatoms. The first-order chi connectivity index (χ1) is 8.86. The third-order valence-corrected chi connectivity index (χ3v) is 3.49. The Morgan fingerprint density at radius 1 is 1.33 bits per heavy atom. The molecule has 6 nitrogen and oxygen atoms in total. The molecule has 0 aliphatic carbocycles. The maximum Gasteiger partial charge on any atom is 0.209 e. The Hall–Kier alpha value is -1.47. The maximum absolute atomic E-state index is 3.99. The molecule has 1 N–H and O–H groups in total. The number of hydrogen-bond acceptors (Lipinski definition) is 6. The molecule has 0 amide bonds. The summed E-state index contributed by atoms with van der Waals surface area (Å²) in [6.07, 6.45) is 4.71. The highest BCUT2D eigenvalue weighted by Gasteiger charge is 2.01. The van der Waals surface area contributed by atoms with Crippen molar-refractivity contribution in [3.05, 3.63) is 30.1 Å². The Balaban J connectivity index is 1.56. The molecule has 0 fully saturated rings. The largest absolute Gasteiger partial charge is 0.313 e. The van der Waals surface area contributed by atoms with Crippen molar-refractivity contribution in [2.45, 2.75) is 18.1 Å². The maximum atomic E-state index is 3.99. The van der Waals surface area contributed by atoms with Gasteiger partial charge in [-0.15, -0.1) is 5.10 Å². The van der Waals surface area contributed by atoms with Gasteiger partial charge in [0.15, 0.2) is 0 Å². The Morgan fingerprint density at radius 3 is 2.89 bits per heavy atom. The molecule has 0 bridgehead atoms. The van der Waals surface area contributed by atoms with Crippen molar-refractivity contribution < 1.29 is 0 Å². The highest BCUT2D eigenvalue weighted by molar-refractivity contribution is 7.99. The SMILES string of the molecule is Cn1nnnc1SCCCNCc1ccncc1. The van der Waals surface area contributed by atoms with Crippen LogP contribution in [0.1, 0.15) is 12.0 Å². The molecule has 0 spiro atoms. The molecule has 2 aromatic rings. The zero-order valence-electron chi connectivity index (χ0n) is 10.3. The van der Waals surface area contributed by atoms with Crippen molar-refractivity contribution in [3.8, 4) is 0 Å². The van der Waals surface area contributed by atoms with Crippen LogP contribution in [0.25, 0.3) is 0 Å². The number of hydrogen-bond donors (Lipinski definition) is 1. The van der Waals surface area contributed by atoms with Gasteiger partial charge >= 0.3 is 0 Å². The summed E-state index contributed by atoms with van der Waals surface area (Å²) in [6, 6.07) is 4.04. The van der Waals surface area contributed by atoms with Crippen LogP contribution in [0.3, 0.4) is 0 Å². The molecule has 0 aromatic carbocycles. The van der Waals surface area contributed by atoms with Gasteiger partial charge in [-0.25, -0.2) is 4.68 Å². The van der Waals surface area contributed by atoms with Crippen LogP contribution in [0.15, 0.2) is 29.7 Å². The van der Waals surface area contributed by atoms with Gasteiger partial charge in [0.25, 0.3) is 0 Å². The second-order valence-electron chi connectivity index (χ2n) is 3.82. The fourth-order valence-corrected chi connectivity index (χ4v) is 2.23. The number of thioether (sulfide) groups is 1. The van der Waals surface area contributed by atoms with E-state index in [1.165, 1.54) is 5.56 Å². The quantitative estimate of drug-likeness (QED) is 0.591. The summed E-state index contributed by atoms with van der Waals surface area (Å²) in [6.45, 7) is 1.87. The minimum absolute atomic E-state index is 0.865. The average Bonchev–Trinajstić information content (AvgIpc) is 2.81. The van der Waals surface area contributed by atoms with Gasteiger partial charge in [-0.05, 0) is 41.1 Å². The van der Waals surface area contributed by atoms with E-state index in [0.717, 1.165) is 30.4 Å². The lowest BCUT2D eigenvalue weighted by Crippen LogP contribution is -2.15. The van der Waals surface area contributed by atoms with Gasteiger partial charge in [-0.2, -0.15) is 0 Å². The molecular formula is C11H16N6S. The minimum atomic E-state index is 0.865. The van der Waals surface area contributed by atoms with Crippen LogP contribution in [-0.4, -0.2) is 37.5 Å². The predicted molar refractivity (Wildman–Crippen MR) is 70.1 cm³/mol. The zero-order chi connectivity index (χ0) is 12.6. The molecule has 0 aliphatic heterocycles. The number of pyridine rings is 1. The lowest BCUT2D eigenvalue weighted by Gasteiger charge is -2.04. The van der Waals surface area contributed by atoms with Crippen LogP contribution >= 0.6 is 11.8 Å². The molecule has 0 saturated heterocycles. The Labute approximate surface area is 110 Å². The Bertz CT molecular complexity index is 458. The summed E-state index contributed by atoms with van der Waals surface area (Å²) in [5.41, 5.74) is 1.26. The van der Waals surface area contributed by atoms with Gasteiger partial charge in [-0.1, -0.05) is 11.8 Å². The van der Waals surface area contributed by atoms with Gasteiger partial charge in [0.1, 0.15) is 0 Å². The van der Waals surface area contributed by atoms with Crippen molar-refractivity contribution in [1.29, 1.82) is 0 Å². The number of aryl methyl sites for hydroxylation is 1. The van der Waals surface area contributed by atoms with Gasteiger partial charge in [-0.3, -0.25) is 4.98 Å². The van der Waals surface area contributed by atoms with Crippen LogP contribution in [0.2, 0.25) is 0 Å². The van der Waals surface area contributed by atoms with E-state index >= 15 is 0 Å². The molecule has 0 radical (unpaired) electrons. The van der Waals surface area contributed by atoms with E-state index in [1.807, 2.05) is 31.6 Å². The summed E-state index contributed by atoms with van der Waals surface area (Å²) in [5, 5.41) is 15.6. The van der Waals surface area contributed by atoms with E-state index in [0.29, 0.717) is 0 Å². The predicted octanol–water partition coefficient (Wildman–Crippen LogP) is 0.877. The Kier molecular flexibility index (Phi) is 5.10. The first kappa shape index (κ1) is 13.0. The summed E-state index contributed by atoms with van der Waals surface area (Å²) < 4.78 is 1.69. The van der Waals surface area contributed by atoms with Crippen molar-refractivity contribution in [3.63, 3.8) is 0 Å². The number of rotatable bonds is 7. The van der Waals surface area contributed by atoms with Gasteiger partial charge in [0, 0.05) is 31.7 Å². The van der Waals surface area contributed by atoms with Gasteiger partial charge in [0.05, 0.1) is 0 Å². The van der Waals surface area contributed by atoms with Crippen molar-refractivity contribution in [2.24, 2.45) is 7.05 Å². The fourth-order valence-electron chi connectivity index (χ4n) is 1.44.